The molecule has 0 amide bonds. The number of anilines is 1. The molecule has 0 unspecified atom stereocenters. The van der Waals surface area contributed by atoms with Gasteiger partial charge < -0.3 is 10.3 Å². The monoisotopic (exact) mass is 280 g/mol. The van der Waals surface area contributed by atoms with Crippen LogP contribution in [0.1, 0.15) is 29.6 Å². The molecule has 0 saturated carbocycles. The summed E-state index contributed by atoms with van der Waals surface area (Å²) in [7, 11) is 0. The average molecular weight is 280 g/mol. The van der Waals surface area contributed by atoms with Crippen LogP contribution in [0.25, 0.3) is 11.2 Å². The number of hydrogen-bond donors (Lipinski definition) is 1. The zero-order valence-electron chi connectivity index (χ0n) is 12.7. The summed E-state index contributed by atoms with van der Waals surface area (Å²) >= 11 is 0. The summed E-state index contributed by atoms with van der Waals surface area (Å²) in [6, 6.07) is 10.1. The molecule has 1 aromatic carbocycles. The first kappa shape index (κ1) is 13.6. The summed E-state index contributed by atoms with van der Waals surface area (Å²) in [6.45, 7) is 6.99. The van der Waals surface area contributed by atoms with Gasteiger partial charge in [0.2, 0.25) is 0 Å². The van der Waals surface area contributed by atoms with Gasteiger partial charge in [0, 0.05) is 17.8 Å². The Balaban J connectivity index is 2.16. The minimum Gasteiger partial charge on any atom is -0.399 e. The molecule has 4 heteroatoms. The molecule has 0 radical (unpaired) electrons. The van der Waals surface area contributed by atoms with E-state index in [0.717, 1.165) is 41.3 Å². The molecular weight excluding hydrogens is 260 g/mol. The Bertz CT molecular complexity index is 802. The number of nitrogen functional groups attached to an aromatic ring is 1. The van der Waals surface area contributed by atoms with Gasteiger partial charge >= 0.3 is 0 Å². The number of rotatable bonds is 3. The maximum atomic E-state index is 5.88. The van der Waals surface area contributed by atoms with E-state index in [0.29, 0.717) is 0 Å². The van der Waals surface area contributed by atoms with Crippen LogP contribution in [-0.2, 0) is 13.0 Å². The maximum absolute atomic E-state index is 5.88. The lowest BCUT2D eigenvalue weighted by Crippen LogP contribution is -2.06. The molecule has 0 aliphatic rings. The molecule has 0 saturated heterocycles. The van der Waals surface area contributed by atoms with Crippen molar-refractivity contribution in [3.63, 3.8) is 0 Å². The number of aryl methyl sites for hydroxylation is 3. The number of pyridine rings is 1. The fourth-order valence-electron chi connectivity index (χ4n) is 2.76. The predicted molar refractivity (Wildman–Crippen MR) is 86.3 cm³/mol. The largest absolute Gasteiger partial charge is 0.399 e. The minimum absolute atomic E-state index is 0.751. The standard InChI is InChI=1S/C17H20N4/c1-4-15-20-16-11(2)8-12(3)19-17(16)21(15)10-13-6-5-7-14(18)9-13/h5-9H,4,10,18H2,1-3H3. The van der Waals surface area contributed by atoms with E-state index in [9.17, 15) is 0 Å². The van der Waals surface area contributed by atoms with Crippen molar-refractivity contribution in [1.82, 2.24) is 14.5 Å². The third kappa shape index (κ3) is 2.49. The number of fused-ring (bicyclic) bond motifs is 1. The lowest BCUT2D eigenvalue weighted by Gasteiger charge is -2.09. The van der Waals surface area contributed by atoms with Gasteiger partial charge in [-0.1, -0.05) is 19.1 Å². The van der Waals surface area contributed by atoms with Crippen LogP contribution in [0.4, 0.5) is 5.69 Å². The van der Waals surface area contributed by atoms with Gasteiger partial charge in [-0.05, 0) is 43.2 Å². The molecule has 21 heavy (non-hydrogen) atoms. The molecule has 0 fully saturated rings. The Hall–Kier alpha value is -2.36. The van der Waals surface area contributed by atoms with Crippen molar-refractivity contribution in [3.05, 3.63) is 53.0 Å². The first-order valence-corrected chi connectivity index (χ1v) is 7.26. The SMILES string of the molecule is CCc1nc2c(C)cc(C)nc2n1Cc1cccc(N)c1. The highest BCUT2D eigenvalue weighted by Gasteiger charge is 2.13. The normalized spacial score (nSPS) is 11.2. The van der Waals surface area contributed by atoms with E-state index < -0.39 is 0 Å². The average Bonchev–Trinajstić information content (AvgIpc) is 2.77. The molecule has 0 aliphatic heterocycles. The predicted octanol–water partition coefficient (Wildman–Crippen LogP) is 3.24. The molecule has 4 nitrogen and oxygen atoms in total. The number of imidazole rings is 1. The number of hydrogen-bond acceptors (Lipinski definition) is 3. The van der Waals surface area contributed by atoms with Crippen LogP contribution in [0.5, 0.6) is 0 Å². The van der Waals surface area contributed by atoms with Crippen LogP contribution in [0.15, 0.2) is 30.3 Å². The number of benzene rings is 1. The number of nitrogens with two attached hydrogens (primary N) is 1. The van der Waals surface area contributed by atoms with E-state index in [4.69, 9.17) is 15.7 Å². The van der Waals surface area contributed by atoms with E-state index in [1.807, 2.05) is 25.1 Å². The highest BCUT2D eigenvalue weighted by molar-refractivity contribution is 5.76. The topological polar surface area (TPSA) is 56.7 Å². The van der Waals surface area contributed by atoms with Crippen molar-refractivity contribution in [2.24, 2.45) is 0 Å². The van der Waals surface area contributed by atoms with Gasteiger partial charge in [0.25, 0.3) is 0 Å². The zero-order chi connectivity index (χ0) is 15.0. The molecule has 2 aromatic heterocycles. The molecular formula is C17H20N4. The van der Waals surface area contributed by atoms with Crippen molar-refractivity contribution in [2.75, 3.05) is 5.73 Å². The number of aromatic nitrogens is 3. The van der Waals surface area contributed by atoms with Gasteiger partial charge in [-0.3, -0.25) is 0 Å². The second kappa shape index (κ2) is 5.20. The minimum atomic E-state index is 0.751. The molecule has 3 rings (SSSR count). The lowest BCUT2D eigenvalue weighted by atomic mass is 10.2. The summed E-state index contributed by atoms with van der Waals surface area (Å²) in [4.78, 5) is 9.45. The fourth-order valence-corrected chi connectivity index (χ4v) is 2.76. The third-order valence-electron chi connectivity index (χ3n) is 3.71. The molecule has 0 bridgehead atoms. The maximum Gasteiger partial charge on any atom is 0.160 e. The molecule has 0 aliphatic carbocycles. The molecule has 108 valence electrons. The summed E-state index contributed by atoms with van der Waals surface area (Å²) in [6.07, 6.45) is 0.886. The first-order valence-electron chi connectivity index (χ1n) is 7.26. The van der Waals surface area contributed by atoms with Gasteiger partial charge in [-0.2, -0.15) is 0 Å². The lowest BCUT2D eigenvalue weighted by molar-refractivity contribution is 0.745. The smallest absolute Gasteiger partial charge is 0.160 e. The Morgan fingerprint density at radius 1 is 1.14 bits per heavy atom. The van der Waals surface area contributed by atoms with Crippen LogP contribution in [0.2, 0.25) is 0 Å². The third-order valence-corrected chi connectivity index (χ3v) is 3.71. The van der Waals surface area contributed by atoms with Crippen molar-refractivity contribution < 1.29 is 0 Å². The van der Waals surface area contributed by atoms with Gasteiger partial charge in [0.1, 0.15) is 11.3 Å². The number of nitrogens with zero attached hydrogens (tertiary/aromatic N) is 3. The van der Waals surface area contributed by atoms with Crippen LogP contribution in [0.3, 0.4) is 0 Å². The molecule has 0 atom stereocenters. The molecule has 2 heterocycles. The second-order valence-corrected chi connectivity index (χ2v) is 5.47. The van der Waals surface area contributed by atoms with Gasteiger partial charge in [0.15, 0.2) is 5.65 Å². The highest BCUT2D eigenvalue weighted by atomic mass is 15.1. The van der Waals surface area contributed by atoms with E-state index >= 15 is 0 Å². The van der Waals surface area contributed by atoms with E-state index in [1.165, 1.54) is 11.1 Å². The van der Waals surface area contributed by atoms with Crippen molar-refractivity contribution in [1.29, 1.82) is 0 Å². The van der Waals surface area contributed by atoms with Crippen molar-refractivity contribution >= 4 is 16.9 Å². The van der Waals surface area contributed by atoms with E-state index in [-0.39, 0.29) is 0 Å². The van der Waals surface area contributed by atoms with E-state index in [1.54, 1.807) is 0 Å². The van der Waals surface area contributed by atoms with Crippen LogP contribution in [0, 0.1) is 13.8 Å². The Morgan fingerprint density at radius 2 is 1.95 bits per heavy atom. The van der Waals surface area contributed by atoms with Crippen LogP contribution >= 0.6 is 0 Å². The van der Waals surface area contributed by atoms with E-state index in [2.05, 4.69) is 30.5 Å². The summed E-state index contributed by atoms with van der Waals surface area (Å²) in [5, 5.41) is 0. The summed E-state index contributed by atoms with van der Waals surface area (Å²) < 4.78 is 2.20. The van der Waals surface area contributed by atoms with Gasteiger partial charge in [-0.15, -0.1) is 0 Å². The Kier molecular flexibility index (Phi) is 3.37. The fraction of sp³-hybridized carbons (Fsp3) is 0.294. The summed E-state index contributed by atoms with van der Waals surface area (Å²) in [5.41, 5.74) is 12.0. The van der Waals surface area contributed by atoms with Crippen LogP contribution in [-0.4, -0.2) is 14.5 Å². The van der Waals surface area contributed by atoms with Crippen molar-refractivity contribution in [3.8, 4) is 0 Å². The zero-order valence-corrected chi connectivity index (χ0v) is 12.7. The van der Waals surface area contributed by atoms with Gasteiger partial charge in [0.05, 0.1) is 6.54 Å². The second-order valence-electron chi connectivity index (χ2n) is 5.47. The van der Waals surface area contributed by atoms with Gasteiger partial charge in [-0.25, -0.2) is 9.97 Å². The quantitative estimate of drug-likeness (QED) is 0.749. The molecule has 0 spiro atoms. The molecule has 3 aromatic rings. The molecule has 2 N–H and O–H groups in total. The Morgan fingerprint density at radius 3 is 2.67 bits per heavy atom. The summed E-state index contributed by atoms with van der Waals surface area (Å²) in [5.74, 6) is 1.06. The first-order chi connectivity index (χ1) is 10.1. The Labute approximate surface area is 124 Å². The van der Waals surface area contributed by atoms with Crippen LogP contribution < -0.4 is 5.73 Å². The van der Waals surface area contributed by atoms with Crippen molar-refractivity contribution in [2.45, 2.75) is 33.7 Å². The highest BCUT2D eigenvalue weighted by Crippen LogP contribution is 2.21.